The van der Waals surface area contributed by atoms with Gasteiger partial charge in [-0.25, -0.2) is 4.98 Å². The van der Waals surface area contributed by atoms with Gasteiger partial charge in [0.05, 0.1) is 46.5 Å². The summed E-state index contributed by atoms with van der Waals surface area (Å²) < 4.78 is 6.00. The number of nitrogens with zero attached hydrogens (tertiary/aromatic N) is 1. The molecule has 1 fully saturated rings. The molecule has 0 amide bonds. The summed E-state index contributed by atoms with van der Waals surface area (Å²) >= 11 is 1.61. The van der Waals surface area contributed by atoms with Gasteiger partial charge in [-0.1, -0.05) is 39.7 Å². The summed E-state index contributed by atoms with van der Waals surface area (Å²) in [6, 6.07) is -0.105. The topological polar surface area (TPSA) is 146 Å². The third-order valence-electron chi connectivity index (χ3n) is 7.78. The first-order chi connectivity index (χ1) is 16.6. The van der Waals surface area contributed by atoms with E-state index in [0.717, 1.165) is 42.0 Å². The number of ether oxygens (including phenoxy) is 1. The molecule has 0 saturated carbocycles. The molecule has 2 unspecified atom stereocenters. The van der Waals surface area contributed by atoms with Gasteiger partial charge >= 0.3 is 5.97 Å². The Labute approximate surface area is 219 Å². The van der Waals surface area contributed by atoms with E-state index in [1.54, 1.807) is 18.3 Å². The van der Waals surface area contributed by atoms with E-state index in [1.807, 2.05) is 32.2 Å². The molecule has 7 atom stereocenters. The number of aromatic nitrogens is 1. The summed E-state index contributed by atoms with van der Waals surface area (Å²) in [4.78, 5) is 28.3. The lowest BCUT2D eigenvalue weighted by atomic mass is 9.73. The van der Waals surface area contributed by atoms with Crippen molar-refractivity contribution < 1.29 is 29.6 Å². The number of aliphatic hydroxyl groups is 2. The molecule has 1 aliphatic rings. The number of rotatable bonds is 15. The van der Waals surface area contributed by atoms with Gasteiger partial charge in [0.25, 0.3) is 0 Å². The number of ketones is 1. The van der Waals surface area contributed by atoms with Crippen LogP contribution in [0.2, 0.25) is 0 Å². The number of carboxylic acids is 1. The monoisotopic (exact) mass is 524 g/mol. The van der Waals surface area contributed by atoms with E-state index in [1.165, 1.54) is 13.8 Å². The van der Waals surface area contributed by atoms with Crippen LogP contribution in [-0.2, 0) is 14.3 Å². The Morgan fingerprint density at radius 2 is 1.97 bits per heavy atom. The molecule has 1 aromatic rings. The highest BCUT2D eigenvalue weighted by Crippen LogP contribution is 2.44. The summed E-state index contributed by atoms with van der Waals surface area (Å²) in [5, 5.41) is 33.0. The second-order valence-corrected chi connectivity index (χ2v) is 12.4. The second kappa shape index (κ2) is 12.3. The molecule has 5 N–H and O–H groups in total. The molecule has 1 aliphatic heterocycles. The van der Waals surface area contributed by atoms with E-state index in [9.17, 15) is 19.8 Å². The van der Waals surface area contributed by atoms with Gasteiger partial charge in [-0.05, 0) is 52.0 Å². The van der Waals surface area contributed by atoms with Crippen LogP contribution in [0.4, 0.5) is 0 Å². The van der Waals surface area contributed by atoms with Crippen LogP contribution in [0, 0.1) is 24.2 Å². The fraction of sp³-hybridized carbons (Fsp3) is 0.741. The standard InChI is InChI=1S/C27H44N2O6S/c1-15(24(33)17(3)25(34)26(5,6)21(30)13-23(31)32)9-8-10-27(7)22(35-27)12-20(28)16(2)11-19-14-36-18(4)29-19/h11,14-15,17,20-22,24,30,33H,8-10,12-13,28H2,1-7H3,(H,31,32)/b16-11+/t15-,17+,20?,21-,22?,24-,27+/m0/s1. The molecule has 8 nitrogen and oxygen atoms in total. The molecule has 36 heavy (non-hydrogen) atoms. The zero-order valence-corrected chi connectivity index (χ0v) is 23.5. The highest BCUT2D eigenvalue weighted by molar-refractivity contribution is 7.09. The van der Waals surface area contributed by atoms with Gasteiger partial charge in [0.1, 0.15) is 5.78 Å². The SMILES string of the molecule is C/C(=C\c1csc(C)n1)C(N)CC1O[C@]1(C)CCC[C@H](C)[C@H](O)[C@@H](C)C(=O)C(C)(C)[C@@H](O)CC(=O)O. The number of nitrogens with two attached hydrogens (primary N) is 1. The van der Waals surface area contributed by atoms with Crippen molar-refractivity contribution in [3.63, 3.8) is 0 Å². The molecule has 204 valence electrons. The van der Waals surface area contributed by atoms with E-state index >= 15 is 0 Å². The fourth-order valence-electron chi connectivity index (χ4n) is 4.78. The van der Waals surface area contributed by atoms with Gasteiger partial charge in [-0.15, -0.1) is 11.3 Å². The van der Waals surface area contributed by atoms with Crippen LogP contribution in [0.15, 0.2) is 11.0 Å². The van der Waals surface area contributed by atoms with Gasteiger partial charge in [0.15, 0.2) is 0 Å². The lowest BCUT2D eigenvalue weighted by Gasteiger charge is -2.34. The second-order valence-electron chi connectivity index (χ2n) is 11.3. The Hall–Kier alpha value is -1.65. The molecular weight excluding hydrogens is 480 g/mol. The van der Waals surface area contributed by atoms with Crippen LogP contribution in [0.25, 0.3) is 6.08 Å². The molecule has 9 heteroatoms. The number of aliphatic hydroxyl groups excluding tert-OH is 2. The van der Waals surface area contributed by atoms with Crippen LogP contribution >= 0.6 is 11.3 Å². The van der Waals surface area contributed by atoms with Crippen LogP contribution < -0.4 is 5.73 Å². The predicted molar refractivity (Wildman–Crippen MR) is 142 cm³/mol. The van der Waals surface area contributed by atoms with Crippen molar-refractivity contribution in [3.05, 3.63) is 21.7 Å². The number of aryl methyl sites for hydroxylation is 1. The summed E-state index contributed by atoms with van der Waals surface area (Å²) in [6.07, 6.45) is 2.53. The van der Waals surface area contributed by atoms with Crippen molar-refractivity contribution in [2.45, 2.75) is 111 Å². The summed E-state index contributed by atoms with van der Waals surface area (Å²) in [6.45, 7) is 12.7. The van der Waals surface area contributed by atoms with E-state index in [-0.39, 0.29) is 29.4 Å². The number of Topliss-reactive ketones (excluding diaryl/α,β-unsaturated/α-hetero) is 1. The molecule has 0 spiro atoms. The van der Waals surface area contributed by atoms with Gasteiger partial charge < -0.3 is 25.8 Å². The number of carboxylic acid groups (broad SMARTS) is 1. The van der Waals surface area contributed by atoms with Gasteiger partial charge in [-0.3, -0.25) is 9.59 Å². The largest absolute Gasteiger partial charge is 0.481 e. The minimum Gasteiger partial charge on any atom is -0.481 e. The van der Waals surface area contributed by atoms with E-state index in [0.29, 0.717) is 0 Å². The highest BCUT2D eigenvalue weighted by Gasteiger charge is 2.51. The third-order valence-corrected chi connectivity index (χ3v) is 8.57. The van der Waals surface area contributed by atoms with Crippen LogP contribution in [-0.4, -0.2) is 62.0 Å². The van der Waals surface area contributed by atoms with Crippen molar-refractivity contribution in [2.75, 3.05) is 0 Å². The normalized spacial score (nSPS) is 24.6. The lowest BCUT2D eigenvalue weighted by Crippen LogP contribution is -2.45. The maximum atomic E-state index is 12.9. The predicted octanol–water partition coefficient (Wildman–Crippen LogP) is 3.96. The van der Waals surface area contributed by atoms with E-state index < -0.39 is 35.9 Å². The van der Waals surface area contributed by atoms with E-state index in [2.05, 4.69) is 11.9 Å². The van der Waals surface area contributed by atoms with Crippen LogP contribution in [0.3, 0.4) is 0 Å². The maximum absolute atomic E-state index is 12.9. The molecule has 0 bridgehead atoms. The number of carbonyl (C=O) groups excluding carboxylic acids is 1. The van der Waals surface area contributed by atoms with Gasteiger partial charge in [0, 0.05) is 17.3 Å². The van der Waals surface area contributed by atoms with Crippen molar-refractivity contribution in [3.8, 4) is 0 Å². The van der Waals surface area contributed by atoms with Crippen LogP contribution in [0.5, 0.6) is 0 Å². The molecule has 0 radical (unpaired) electrons. The molecule has 1 aromatic heterocycles. The zero-order valence-electron chi connectivity index (χ0n) is 22.7. The third kappa shape index (κ3) is 7.92. The Morgan fingerprint density at radius 1 is 1.33 bits per heavy atom. The summed E-state index contributed by atoms with van der Waals surface area (Å²) in [7, 11) is 0. The smallest absolute Gasteiger partial charge is 0.306 e. The van der Waals surface area contributed by atoms with Crippen LogP contribution in [0.1, 0.15) is 84.3 Å². The Morgan fingerprint density at radius 3 is 2.53 bits per heavy atom. The number of epoxide rings is 1. The fourth-order valence-corrected chi connectivity index (χ4v) is 5.35. The Balaban J connectivity index is 1.80. The molecule has 1 saturated heterocycles. The summed E-state index contributed by atoms with van der Waals surface area (Å²) in [5.41, 5.74) is 6.92. The quantitative estimate of drug-likeness (QED) is 0.252. The van der Waals surface area contributed by atoms with Gasteiger partial charge in [-0.2, -0.15) is 0 Å². The first-order valence-electron chi connectivity index (χ1n) is 12.7. The van der Waals surface area contributed by atoms with Gasteiger partial charge in [0.2, 0.25) is 0 Å². The molecular formula is C27H44N2O6S. The van der Waals surface area contributed by atoms with Crippen molar-refractivity contribution in [2.24, 2.45) is 23.0 Å². The van der Waals surface area contributed by atoms with E-state index in [4.69, 9.17) is 15.6 Å². The average molecular weight is 525 g/mol. The molecule has 0 aliphatic carbocycles. The average Bonchev–Trinajstić information content (AvgIpc) is 3.22. The van der Waals surface area contributed by atoms with Crippen molar-refractivity contribution in [1.82, 2.24) is 4.98 Å². The number of hydrogen-bond acceptors (Lipinski definition) is 8. The molecule has 2 heterocycles. The minimum absolute atomic E-state index is 0.0882. The number of carbonyl (C=O) groups is 2. The lowest BCUT2D eigenvalue weighted by molar-refractivity contribution is -0.147. The number of aliphatic carboxylic acids is 1. The molecule has 2 rings (SSSR count). The van der Waals surface area contributed by atoms with Crippen molar-refractivity contribution in [1.29, 1.82) is 0 Å². The minimum atomic E-state index is -1.31. The number of thiazole rings is 1. The highest BCUT2D eigenvalue weighted by atomic mass is 32.1. The first-order valence-corrected chi connectivity index (χ1v) is 13.6. The number of hydrogen-bond donors (Lipinski definition) is 4. The summed E-state index contributed by atoms with van der Waals surface area (Å²) in [5.74, 6) is -2.35. The van der Waals surface area contributed by atoms with Crippen molar-refractivity contribution >= 4 is 29.2 Å². The zero-order chi connectivity index (χ0) is 27.4. The Kier molecular flexibility index (Phi) is 10.4. The maximum Gasteiger partial charge on any atom is 0.306 e. The molecule has 0 aromatic carbocycles. The first kappa shape index (κ1) is 30.6. The Bertz CT molecular complexity index is 944.